The smallest absolute Gasteiger partial charge is 0.169 e. The van der Waals surface area contributed by atoms with Gasteiger partial charge in [0.15, 0.2) is 6.17 Å². The molecule has 0 bridgehead atoms. The van der Waals surface area contributed by atoms with Gasteiger partial charge in [0.05, 0.1) is 5.41 Å². The minimum atomic E-state index is -0.485. The van der Waals surface area contributed by atoms with Crippen molar-refractivity contribution in [1.82, 2.24) is 5.32 Å². The molecule has 6 aromatic carbocycles. The second-order valence-corrected chi connectivity index (χ2v) is 11.4. The Kier molecular flexibility index (Phi) is 5.44. The van der Waals surface area contributed by atoms with Crippen LogP contribution in [0.3, 0.4) is 0 Å². The number of benzene rings is 6. The average Bonchev–Trinajstić information content (AvgIpc) is 3.39. The second-order valence-electron chi connectivity index (χ2n) is 11.4. The third-order valence-corrected chi connectivity index (χ3v) is 9.00. The molecule has 0 saturated heterocycles. The molecule has 4 nitrogen and oxygen atoms in total. The van der Waals surface area contributed by atoms with Crippen molar-refractivity contribution in [2.45, 2.75) is 11.6 Å². The van der Waals surface area contributed by atoms with Gasteiger partial charge in [-0.1, -0.05) is 133 Å². The van der Waals surface area contributed by atoms with Crippen LogP contribution in [-0.4, -0.2) is 11.7 Å². The van der Waals surface area contributed by atoms with Crippen LogP contribution >= 0.6 is 0 Å². The van der Waals surface area contributed by atoms with Crippen molar-refractivity contribution in [2.24, 2.45) is 9.98 Å². The topological polar surface area (TPSA) is 46.0 Å². The summed E-state index contributed by atoms with van der Waals surface area (Å²) in [5.41, 5.74) is 9.89. The van der Waals surface area contributed by atoms with E-state index in [0.29, 0.717) is 0 Å². The summed E-state index contributed by atoms with van der Waals surface area (Å²) in [7, 11) is 0. The molecule has 0 aromatic heterocycles. The molecule has 0 amide bonds. The first-order valence-electron chi connectivity index (χ1n) is 15.0. The van der Waals surface area contributed by atoms with E-state index in [2.05, 4.69) is 108 Å². The van der Waals surface area contributed by atoms with Gasteiger partial charge in [-0.25, -0.2) is 9.98 Å². The lowest BCUT2D eigenvalue weighted by Crippen LogP contribution is -2.36. The summed E-state index contributed by atoms with van der Waals surface area (Å²) in [6.45, 7) is 0. The zero-order chi connectivity index (χ0) is 29.1. The van der Waals surface area contributed by atoms with Gasteiger partial charge in [0, 0.05) is 22.3 Å². The summed E-state index contributed by atoms with van der Waals surface area (Å²) >= 11 is 0. The summed E-state index contributed by atoms with van der Waals surface area (Å²) < 4.78 is 6.48. The summed E-state index contributed by atoms with van der Waals surface area (Å²) in [5.74, 6) is 3.41. The molecule has 1 atom stereocenters. The number of ether oxygens (including phenoxy) is 1. The van der Waals surface area contributed by atoms with Crippen LogP contribution in [0.1, 0.15) is 45.1 Å². The van der Waals surface area contributed by atoms with Crippen molar-refractivity contribution < 1.29 is 4.74 Å². The van der Waals surface area contributed by atoms with Gasteiger partial charge in [0.2, 0.25) is 0 Å². The Morgan fingerprint density at radius 2 is 1.02 bits per heavy atom. The van der Waals surface area contributed by atoms with Crippen LogP contribution in [0.2, 0.25) is 0 Å². The van der Waals surface area contributed by atoms with Crippen molar-refractivity contribution in [3.8, 4) is 22.6 Å². The van der Waals surface area contributed by atoms with Gasteiger partial charge in [0.25, 0.3) is 0 Å². The lowest BCUT2D eigenvalue weighted by molar-refractivity contribution is 0.436. The van der Waals surface area contributed by atoms with E-state index >= 15 is 0 Å². The monoisotopic (exact) mass is 565 g/mol. The van der Waals surface area contributed by atoms with Gasteiger partial charge in [-0.2, -0.15) is 0 Å². The van der Waals surface area contributed by atoms with Crippen LogP contribution in [0.15, 0.2) is 162 Å². The van der Waals surface area contributed by atoms with Crippen LogP contribution in [0.25, 0.3) is 11.1 Å². The number of hydrogen-bond donors (Lipinski definition) is 1. The fourth-order valence-electron chi connectivity index (χ4n) is 7.12. The third-order valence-electron chi connectivity index (χ3n) is 9.00. The molecule has 1 unspecified atom stereocenters. The van der Waals surface area contributed by atoms with Crippen molar-refractivity contribution in [3.63, 3.8) is 0 Å². The molecule has 2 aliphatic heterocycles. The minimum absolute atomic E-state index is 0.344. The summed E-state index contributed by atoms with van der Waals surface area (Å²) in [6.07, 6.45) is -0.344. The number of aliphatic imine (C=N–C) groups is 2. The van der Waals surface area contributed by atoms with E-state index < -0.39 is 5.41 Å². The fraction of sp³-hybridized carbons (Fsp3) is 0.0500. The number of fused-ring (bicyclic) bond motifs is 9. The van der Waals surface area contributed by atoms with E-state index in [4.69, 9.17) is 14.7 Å². The van der Waals surface area contributed by atoms with Gasteiger partial charge in [-0.05, 0) is 46.0 Å². The molecule has 6 aromatic rings. The highest BCUT2D eigenvalue weighted by molar-refractivity contribution is 6.16. The largest absolute Gasteiger partial charge is 0.457 e. The predicted molar refractivity (Wildman–Crippen MR) is 176 cm³/mol. The van der Waals surface area contributed by atoms with Crippen LogP contribution in [0, 0.1) is 0 Å². The molecule has 1 aliphatic carbocycles. The van der Waals surface area contributed by atoms with Crippen molar-refractivity contribution in [3.05, 3.63) is 191 Å². The van der Waals surface area contributed by atoms with Gasteiger partial charge < -0.3 is 10.1 Å². The second kappa shape index (κ2) is 9.65. The Labute approximate surface area is 256 Å². The molecule has 1 spiro atoms. The first kappa shape index (κ1) is 24.8. The average molecular weight is 566 g/mol. The zero-order valence-corrected chi connectivity index (χ0v) is 23.8. The molecule has 1 N–H and O–H groups in total. The Morgan fingerprint density at radius 3 is 1.73 bits per heavy atom. The summed E-state index contributed by atoms with van der Waals surface area (Å²) in [4.78, 5) is 10.2. The molecular formula is C40H27N3O. The molecule has 44 heavy (non-hydrogen) atoms. The highest BCUT2D eigenvalue weighted by atomic mass is 16.5. The number of rotatable bonds is 3. The quantitative estimate of drug-likeness (QED) is 0.233. The summed E-state index contributed by atoms with van der Waals surface area (Å²) in [5, 5.41) is 3.58. The maximum Gasteiger partial charge on any atom is 0.169 e. The zero-order valence-electron chi connectivity index (χ0n) is 23.8. The first-order chi connectivity index (χ1) is 21.8. The molecule has 208 valence electrons. The summed E-state index contributed by atoms with van der Waals surface area (Å²) in [6, 6.07) is 53.1. The normalized spacial score (nSPS) is 16.8. The number of nitrogens with one attached hydrogen (secondary N) is 1. The maximum absolute atomic E-state index is 6.48. The molecule has 0 radical (unpaired) electrons. The molecule has 9 rings (SSSR count). The van der Waals surface area contributed by atoms with E-state index in [1.165, 1.54) is 22.3 Å². The number of nitrogens with zero attached hydrogens (tertiary/aromatic N) is 2. The third kappa shape index (κ3) is 3.58. The number of para-hydroxylation sites is 2. The van der Waals surface area contributed by atoms with E-state index in [-0.39, 0.29) is 6.17 Å². The maximum atomic E-state index is 6.48. The fourth-order valence-corrected chi connectivity index (χ4v) is 7.12. The first-order valence-corrected chi connectivity index (χ1v) is 15.0. The number of amidine groups is 2. The minimum Gasteiger partial charge on any atom is -0.457 e. The SMILES string of the molecule is c1ccc(C2=NC(c3ccccc3)N=C(c3ccc4c(c3)-c3ccccc3C43c4ccccc4Oc4ccccc43)N2)cc1. The van der Waals surface area contributed by atoms with Crippen LogP contribution in [0.5, 0.6) is 11.5 Å². The van der Waals surface area contributed by atoms with E-state index in [1.54, 1.807) is 0 Å². The Morgan fingerprint density at radius 1 is 0.477 bits per heavy atom. The predicted octanol–water partition coefficient (Wildman–Crippen LogP) is 8.65. The molecule has 4 heteroatoms. The lowest BCUT2D eigenvalue weighted by atomic mass is 9.66. The van der Waals surface area contributed by atoms with E-state index in [1.807, 2.05) is 48.5 Å². The van der Waals surface area contributed by atoms with Crippen LogP contribution in [-0.2, 0) is 5.41 Å². The molecule has 0 fully saturated rings. The lowest BCUT2D eigenvalue weighted by Gasteiger charge is -2.39. The van der Waals surface area contributed by atoms with Gasteiger partial charge in [-0.15, -0.1) is 0 Å². The van der Waals surface area contributed by atoms with E-state index in [9.17, 15) is 0 Å². The van der Waals surface area contributed by atoms with Gasteiger partial charge in [-0.3, -0.25) is 0 Å². The molecule has 3 aliphatic rings. The Balaban J connectivity index is 1.25. The van der Waals surface area contributed by atoms with Crippen molar-refractivity contribution in [2.75, 3.05) is 0 Å². The van der Waals surface area contributed by atoms with Crippen molar-refractivity contribution >= 4 is 11.7 Å². The Bertz CT molecular complexity index is 2090. The molecule has 0 saturated carbocycles. The van der Waals surface area contributed by atoms with Crippen LogP contribution < -0.4 is 10.1 Å². The van der Waals surface area contributed by atoms with Gasteiger partial charge >= 0.3 is 0 Å². The van der Waals surface area contributed by atoms with Gasteiger partial charge in [0.1, 0.15) is 23.2 Å². The van der Waals surface area contributed by atoms with Crippen LogP contribution in [0.4, 0.5) is 0 Å². The Hall–Kier alpha value is -5.74. The van der Waals surface area contributed by atoms with E-state index in [0.717, 1.165) is 51.0 Å². The highest BCUT2D eigenvalue weighted by Gasteiger charge is 2.51. The van der Waals surface area contributed by atoms with Crippen molar-refractivity contribution in [1.29, 1.82) is 0 Å². The highest BCUT2D eigenvalue weighted by Crippen LogP contribution is 2.61. The molecular weight excluding hydrogens is 538 g/mol. The molecule has 2 heterocycles. The number of hydrogen-bond acceptors (Lipinski definition) is 4. The standard InChI is InChI=1S/C40H27N3O/c1-3-13-26(14-4-1)37-41-38(27-15-5-2-6-16-27)43-39(42-37)28-23-24-32-30(25-28)29-17-7-8-18-31(29)40(32)33-19-9-11-21-35(33)44-36-22-12-10-20-34(36)40/h1-25,37H,(H,41,42,43).